The lowest BCUT2D eigenvalue weighted by molar-refractivity contribution is -0.126. The van der Waals surface area contributed by atoms with E-state index in [1.54, 1.807) is 21.6 Å². The lowest BCUT2D eigenvalue weighted by atomic mass is 9.88. The van der Waals surface area contributed by atoms with Crippen molar-refractivity contribution in [3.63, 3.8) is 0 Å². The highest BCUT2D eigenvalue weighted by Crippen LogP contribution is 2.49. The Morgan fingerprint density at radius 1 is 1.18 bits per heavy atom. The smallest absolute Gasteiger partial charge is 0.318 e. The van der Waals surface area contributed by atoms with E-state index in [2.05, 4.69) is 15.5 Å². The molecule has 0 radical (unpaired) electrons. The Hall–Kier alpha value is -2.65. The molecule has 4 heterocycles. The summed E-state index contributed by atoms with van der Waals surface area (Å²) in [6, 6.07) is 2.11. The normalized spacial score (nSPS) is 26.1. The highest BCUT2D eigenvalue weighted by Gasteiger charge is 2.57. The van der Waals surface area contributed by atoms with E-state index in [4.69, 9.17) is 0 Å². The first-order valence-corrected chi connectivity index (χ1v) is 12.5. The van der Waals surface area contributed by atoms with E-state index in [9.17, 15) is 19.5 Å². The first kappa shape index (κ1) is 24.5. The van der Waals surface area contributed by atoms with Crippen molar-refractivity contribution in [2.24, 2.45) is 11.8 Å². The molecule has 2 saturated heterocycles. The number of carbonyl (C=O) groups excluding carboxylic acids is 2. The number of amides is 3. The summed E-state index contributed by atoms with van der Waals surface area (Å²) in [5, 5.41) is 16.3. The molecule has 0 spiro atoms. The summed E-state index contributed by atoms with van der Waals surface area (Å²) in [5.41, 5.74) is 1.20. The number of allylic oxidation sites excluding steroid dienone is 1. The van der Waals surface area contributed by atoms with Gasteiger partial charge in [-0.15, -0.1) is 0 Å². The summed E-state index contributed by atoms with van der Waals surface area (Å²) in [6.07, 6.45) is 6.74. The summed E-state index contributed by atoms with van der Waals surface area (Å²) < 4.78 is 1.70. The van der Waals surface area contributed by atoms with Gasteiger partial charge >= 0.3 is 6.03 Å². The molecule has 4 rings (SSSR count). The Morgan fingerprint density at radius 2 is 1.94 bits per heavy atom. The molecule has 3 aliphatic rings. The summed E-state index contributed by atoms with van der Waals surface area (Å²) in [5.74, 6) is -0.896. The van der Waals surface area contributed by atoms with Gasteiger partial charge in [-0.05, 0) is 51.4 Å². The van der Waals surface area contributed by atoms with Crippen molar-refractivity contribution in [3.8, 4) is 0 Å². The summed E-state index contributed by atoms with van der Waals surface area (Å²) in [6.45, 7) is 7.87. The Bertz CT molecular complexity index is 984. The van der Waals surface area contributed by atoms with Gasteiger partial charge in [-0.3, -0.25) is 9.59 Å². The van der Waals surface area contributed by atoms with E-state index in [0.717, 1.165) is 31.7 Å². The number of urea groups is 1. The zero-order valence-electron chi connectivity index (χ0n) is 20.2. The minimum absolute atomic E-state index is 0.109. The number of nitrogens with zero attached hydrogens (tertiary/aromatic N) is 3. The summed E-state index contributed by atoms with van der Waals surface area (Å²) in [4.78, 5) is 43.7. The highest BCUT2D eigenvalue weighted by molar-refractivity contribution is 5.88. The first-order valence-electron chi connectivity index (χ1n) is 12.5. The fraction of sp³-hybridized carbons (Fsp3) is 0.640. The van der Waals surface area contributed by atoms with Gasteiger partial charge in [-0.1, -0.05) is 19.1 Å². The average Bonchev–Trinajstić information content (AvgIpc) is 3.54. The van der Waals surface area contributed by atoms with Crippen molar-refractivity contribution in [3.05, 3.63) is 39.8 Å². The fourth-order valence-electron chi connectivity index (χ4n) is 5.80. The number of aliphatic hydroxyl groups excluding tert-OH is 1. The van der Waals surface area contributed by atoms with Crippen LogP contribution in [0.1, 0.15) is 50.4 Å². The molecule has 1 aromatic heterocycles. The van der Waals surface area contributed by atoms with Crippen LogP contribution in [0.15, 0.2) is 23.0 Å². The van der Waals surface area contributed by atoms with Gasteiger partial charge in [0.15, 0.2) is 0 Å². The molecule has 0 bridgehead atoms. The number of pyridine rings is 1. The second kappa shape index (κ2) is 10.7. The highest BCUT2D eigenvalue weighted by atomic mass is 16.3. The van der Waals surface area contributed by atoms with Crippen molar-refractivity contribution in [1.82, 2.24) is 25.0 Å². The molecule has 4 atom stereocenters. The van der Waals surface area contributed by atoms with Crippen molar-refractivity contribution in [1.29, 1.82) is 0 Å². The van der Waals surface area contributed by atoms with Crippen LogP contribution in [-0.4, -0.2) is 76.8 Å². The molecule has 2 fully saturated rings. The first-order chi connectivity index (χ1) is 16.5. The van der Waals surface area contributed by atoms with Crippen LogP contribution in [0.3, 0.4) is 0 Å². The zero-order valence-corrected chi connectivity index (χ0v) is 20.2. The number of fused-ring (bicyclic) bond motifs is 3. The number of nitrogens with one attached hydrogen (secondary N) is 2. The third-order valence-electron chi connectivity index (χ3n) is 7.41. The van der Waals surface area contributed by atoms with Crippen LogP contribution in [0.4, 0.5) is 4.79 Å². The topological polar surface area (TPSA) is 107 Å². The molecule has 9 heteroatoms. The van der Waals surface area contributed by atoms with E-state index in [1.165, 1.54) is 12.8 Å². The van der Waals surface area contributed by atoms with E-state index >= 15 is 0 Å². The Kier molecular flexibility index (Phi) is 7.73. The van der Waals surface area contributed by atoms with Gasteiger partial charge < -0.3 is 30.1 Å². The van der Waals surface area contributed by atoms with Gasteiger partial charge in [0, 0.05) is 55.9 Å². The third-order valence-corrected chi connectivity index (χ3v) is 7.41. The quantitative estimate of drug-likeness (QED) is 0.528. The van der Waals surface area contributed by atoms with Gasteiger partial charge in [-0.2, -0.15) is 0 Å². The van der Waals surface area contributed by atoms with Gasteiger partial charge in [0.2, 0.25) is 5.91 Å². The third kappa shape index (κ3) is 4.51. The Morgan fingerprint density at radius 3 is 2.62 bits per heavy atom. The van der Waals surface area contributed by atoms with Crippen molar-refractivity contribution < 1.29 is 14.7 Å². The SMILES string of the molecule is C/C=C\c1ccc2n(c1=O)C[C@H]1[C@H](CO)[C@@H](C(=O)NCCN3CCCC3)N(C(=O)NCCC)[C@@H]21. The molecule has 1 aromatic rings. The second-order valence-corrected chi connectivity index (χ2v) is 9.51. The van der Waals surface area contributed by atoms with E-state index in [0.29, 0.717) is 25.2 Å². The number of aromatic nitrogens is 1. The average molecular weight is 472 g/mol. The van der Waals surface area contributed by atoms with E-state index in [-0.39, 0.29) is 30.0 Å². The maximum absolute atomic E-state index is 13.4. The number of hydrogen-bond donors (Lipinski definition) is 3. The molecule has 3 N–H and O–H groups in total. The van der Waals surface area contributed by atoms with Crippen LogP contribution in [0.5, 0.6) is 0 Å². The monoisotopic (exact) mass is 471 g/mol. The van der Waals surface area contributed by atoms with Crippen LogP contribution in [0.2, 0.25) is 0 Å². The Balaban J connectivity index is 1.62. The fourth-order valence-corrected chi connectivity index (χ4v) is 5.80. The number of carbonyl (C=O) groups is 2. The molecule has 34 heavy (non-hydrogen) atoms. The van der Waals surface area contributed by atoms with E-state index in [1.807, 2.05) is 26.0 Å². The lowest BCUT2D eigenvalue weighted by Gasteiger charge is -2.31. The summed E-state index contributed by atoms with van der Waals surface area (Å²) in [7, 11) is 0. The predicted molar refractivity (Wildman–Crippen MR) is 130 cm³/mol. The minimum atomic E-state index is -0.783. The van der Waals surface area contributed by atoms with Gasteiger partial charge in [0.25, 0.3) is 5.56 Å². The van der Waals surface area contributed by atoms with Gasteiger partial charge in [0.05, 0.1) is 6.04 Å². The molecule has 0 aromatic carbocycles. The molecule has 0 aliphatic carbocycles. The Labute approximate surface area is 200 Å². The van der Waals surface area contributed by atoms with Crippen LogP contribution in [-0.2, 0) is 11.3 Å². The lowest BCUT2D eigenvalue weighted by Crippen LogP contribution is -2.53. The number of aliphatic hydroxyl groups is 1. The largest absolute Gasteiger partial charge is 0.396 e. The molecular weight excluding hydrogens is 434 g/mol. The molecule has 0 saturated carbocycles. The van der Waals surface area contributed by atoms with Crippen LogP contribution < -0.4 is 16.2 Å². The molecule has 3 aliphatic heterocycles. The maximum atomic E-state index is 13.4. The van der Waals surface area contributed by atoms with Crippen molar-refractivity contribution in [2.45, 2.75) is 51.7 Å². The minimum Gasteiger partial charge on any atom is -0.396 e. The number of rotatable bonds is 8. The zero-order chi connectivity index (χ0) is 24.2. The van der Waals surface area contributed by atoms with E-state index < -0.39 is 18.0 Å². The van der Waals surface area contributed by atoms with Gasteiger partial charge in [-0.25, -0.2) is 4.79 Å². The number of hydrogen-bond acceptors (Lipinski definition) is 5. The van der Waals surface area contributed by atoms with Crippen molar-refractivity contribution >= 4 is 18.0 Å². The molecular formula is C25H37N5O4. The molecule has 9 nitrogen and oxygen atoms in total. The van der Waals surface area contributed by atoms with Crippen molar-refractivity contribution in [2.75, 3.05) is 39.3 Å². The predicted octanol–water partition coefficient (Wildman–Crippen LogP) is 1.18. The van der Waals surface area contributed by atoms with Crippen LogP contribution >= 0.6 is 0 Å². The van der Waals surface area contributed by atoms with Crippen LogP contribution in [0.25, 0.3) is 6.08 Å². The van der Waals surface area contributed by atoms with Crippen LogP contribution in [0, 0.1) is 11.8 Å². The second-order valence-electron chi connectivity index (χ2n) is 9.51. The molecule has 3 amide bonds. The molecule has 0 unspecified atom stereocenters. The van der Waals surface area contributed by atoms with Gasteiger partial charge in [0.1, 0.15) is 6.04 Å². The maximum Gasteiger partial charge on any atom is 0.318 e. The standard InChI is InChI=1S/C25H37N5O4/c1-3-7-17-8-9-20-21-18(15-29(20)24(17)33)19(16-31)22(30(21)25(34)27-10-4-2)23(32)26-11-14-28-12-5-6-13-28/h3,7-9,18-19,21-22,31H,4-6,10-16H2,1-2H3,(H,26,32)(H,27,34)/b7-3-/t18-,19-,21+,22-/m0/s1. The molecule has 186 valence electrons. The summed E-state index contributed by atoms with van der Waals surface area (Å²) >= 11 is 0. The number of likely N-dealkylation sites (tertiary alicyclic amines) is 2.